The van der Waals surface area contributed by atoms with Crippen molar-refractivity contribution in [3.8, 4) is 11.1 Å². The number of carbonyl (C=O) groups excluding carboxylic acids is 1. The molecule has 3 heterocycles. The molecular weight excluding hydrogens is 410 g/mol. The number of quaternary nitrogens is 1. The second-order valence-corrected chi connectivity index (χ2v) is 8.71. The molecule has 0 saturated carbocycles. The molecule has 0 amide bonds. The summed E-state index contributed by atoms with van der Waals surface area (Å²) in [7, 11) is 1.00. The number of carboxylic acid groups (broad SMARTS) is 1. The first kappa shape index (κ1) is 24.9. The lowest BCUT2D eigenvalue weighted by Crippen LogP contribution is -2.30. The highest BCUT2D eigenvalue weighted by Gasteiger charge is 2.27. The van der Waals surface area contributed by atoms with Gasteiger partial charge in [0, 0.05) is 41.5 Å². The number of aliphatic hydroxyl groups excluding tert-OH is 1. The minimum atomic E-state index is -1.01. The molecule has 6 nitrogen and oxygen atoms in total. The van der Waals surface area contributed by atoms with Gasteiger partial charge in [0.15, 0.2) is 0 Å². The number of pyridine rings is 1. The van der Waals surface area contributed by atoms with Crippen LogP contribution in [0.1, 0.15) is 52.9 Å². The van der Waals surface area contributed by atoms with Gasteiger partial charge in [0.25, 0.3) is 0 Å². The van der Waals surface area contributed by atoms with E-state index in [4.69, 9.17) is 10.1 Å². The molecule has 3 aromatic rings. The number of hydrogen-bond acceptors (Lipinski definition) is 6. The lowest BCUT2D eigenvalue weighted by atomic mass is 9.84. The zero-order valence-corrected chi connectivity index (χ0v) is 19.9. The monoisotopic (exact) mass is 443 g/mol. The highest BCUT2D eigenvalue weighted by molar-refractivity contribution is 7.19. The molecule has 0 radical (unpaired) electrons. The van der Waals surface area contributed by atoms with Gasteiger partial charge < -0.3 is 26.5 Å². The number of thiophene rings is 1. The molecule has 1 aliphatic heterocycles. The summed E-state index contributed by atoms with van der Waals surface area (Å²) in [4.78, 5) is 19.3. The van der Waals surface area contributed by atoms with Gasteiger partial charge in [-0.2, -0.15) is 0 Å². The second-order valence-electron chi connectivity index (χ2n) is 7.62. The number of aromatic nitrogens is 1. The maximum Gasteiger partial charge on any atom is 0.124 e. The van der Waals surface area contributed by atoms with Crippen LogP contribution in [0.25, 0.3) is 21.3 Å². The Morgan fingerprint density at radius 1 is 1.26 bits per heavy atom. The van der Waals surface area contributed by atoms with E-state index >= 15 is 0 Å². The molecule has 31 heavy (non-hydrogen) atoms. The molecule has 1 unspecified atom stereocenters. The first-order chi connectivity index (χ1) is 14.5. The minimum Gasteiger partial charge on any atom is -0.549 e. The van der Waals surface area contributed by atoms with Crippen LogP contribution in [0.4, 0.5) is 0 Å². The van der Waals surface area contributed by atoms with Crippen molar-refractivity contribution in [2.75, 3.05) is 13.7 Å². The summed E-state index contributed by atoms with van der Waals surface area (Å²) in [6.07, 6.45) is 2.29. The summed E-state index contributed by atoms with van der Waals surface area (Å²) in [5.41, 5.74) is 6.27. The molecule has 0 spiro atoms. The van der Waals surface area contributed by atoms with E-state index in [9.17, 15) is 9.90 Å². The highest BCUT2D eigenvalue weighted by Crippen LogP contribution is 2.44. The zero-order chi connectivity index (χ0) is 21.8. The van der Waals surface area contributed by atoms with E-state index in [2.05, 4.69) is 36.5 Å². The SMILES string of the molecule is CCCC(C(=O)[O-])c1c(C)nc2sc3c(c2c1-c1ccc(C)cc1)CCNC3.CO.[NH4+]. The topological polar surface area (TPSA) is 122 Å². The predicted molar refractivity (Wildman–Crippen MR) is 127 cm³/mol. The highest BCUT2D eigenvalue weighted by atomic mass is 32.1. The normalized spacial score (nSPS) is 13.6. The van der Waals surface area contributed by atoms with Crippen molar-refractivity contribution in [2.45, 2.75) is 52.5 Å². The molecule has 0 bridgehead atoms. The van der Waals surface area contributed by atoms with Crippen LogP contribution in [0, 0.1) is 13.8 Å². The van der Waals surface area contributed by atoms with Crippen LogP contribution in [-0.2, 0) is 17.8 Å². The summed E-state index contributed by atoms with van der Waals surface area (Å²) in [5, 5.41) is 23.7. The first-order valence-electron chi connectivity index (χ1n) is 10.4. The molecule has 1 aromatic carbocycles. The number of aliphatic hydroxyl groups is 1. The third-order valence-corrected chi connectivity index (χ3v) is 6.76. The third-order valence-electron chi connectivity index (χ3n) is 5.64. The molecule has 0 aliphatic carbocycles. The number of fused-ring (bicyclic) bond motifs is 3. The second kappa shape index (κ2) is 10.8. The summed E-state index contributed by atoms with van der Waals surface area (Å²) >= 11 is 1.73. The molecule has 1 aliphatic rings. The number of rotatable bonds is 5. The third kappa shape index (κ3) is 4.80. The number of nitrogens with zero attached hydrogens (tertiary/aromatic N) is 1. The number of carboxylic acids is 1. The van der Waals surface area contributed by atoms with Crippen LogP contribution in [0.3, 0.4) is 0 Å². The fourth-order valence-electron chi connectivity index (χ4n) is 4.30. The van der Waals surface area contributed by atoms with Gasteiger partial charge in [0.05, 0.1) is 0 Å². The Kier molecular flexibility index (Phi) is 8.70. The molecule has 0 saturated heterocycles. The van der Waals surface area contributed by atoms with E-state index in [1.807, 2.05) is 13.8 Å². The van der Waals surface area contributed by atoms with E-state index in [0.29, 0.717) is 6.42 Å². The number of aliphatic carboxylic acids is 1. The maximum atomic E-state index is 12.1. The van der Waals surface area contributed by atoms with Crippen molar-refractivity contribution in [1.82, 2.24) is 16.5 Å². The van der Waals surface area contributed by atoms with Gasteiger partial charge in [-0.3, -0.25) is 0 Å². The molecule has 0 fully saturated rings. The van der Waals surface area contributed by atoms with Crippen LogP contribution >= 0.6 is 11.3 Å². The smallest absolute Gasteiger partial charge is 0.124 e. The van der Waals surface area contributed by atoms with Gasteiger partial charge >= 0.3 is 0 Å². The summed E-state index contributed by atoms with van der Waals surface area (Å²) in [6.45, 7) is 7.82. The maximum absolute atomic E-state index is 12.1. The Hall–Kier alpha value is -2.32. The van der Waals surface area contributed by atoms with E-state index < -0.39 is 11.9 Å². The van der Waals surface area contributed by atoms with Gasteiger partial charge in [0.1, 0.15) is 4.83 Å². The molecule has 6 N–H and O–H groups in total. The molecule has 1 atom stereocenters. The van der Waals surface area contributed by atoms with Gasteiger partial charge in [-0.05, 0) is 55.5 Å². The molecule has 4 rings (SSSR count). The Morgan fingerprint density at radius 3 is 2.55 bits per heavy atom. The summed E-state index contributed by atoms with van der Waals surface area (Å²) in [6, 6.07) is 8.40. The quantitative estimate of drug-likeness (QED) is 0.553. The van der Waals surface area contributed by atoms with Crippen molar-refractivity contribution in [2.24, 2.45) is 0 Å². The number of carbonyl (C=O) groups is 1. The first-order valence-corrected chi connectivity index (χ1v) is 11.2. The van der Waals surface area contributed by atoms with Crippen molar-refractivity contribution in [3.05, 3.63) is 51.5 Å². The van der Waals surface area contributed by atoms with Gasteiger partial charge in [-0.1, -0.05) is 43.2 Å². The van der Waals surface area contributed by atoms with Crippen LogP contribution < -0.4 is 16.6 Å². The van der Waals surface area contributed by atoms with E-state index in [0.717, 1.165) is 65.6 Å². The molecule has 168 valence electrons. The van der Waals surface area contributed by atoms with Crippen molar-refractivity contribution in [1.29, 1.82) is 0 Å². The average Bonchev–Trinajstić information content (AvgIpc) is 3.11. The largest absolute Gasteiger partial charge is 0.549 e. The summed E-state index contributed by atoms with van der Waals surface area (Å²) < 4.78 is 0. The van der Waals surface area contributed by atoms with Crippen molar-refractivity contribution in [3.63, 3.8) is 0 Å². The molecule has 7 heteroatoms. The van der Waals surface area contributed by atoms with Gasteiger partial charge in [-0.25, -0.2) is 4.98 Å². The standard InChI is InChI=1S/C23H26N2O2S.CH4O.H3N/c1-4-5-17(23(26)27)19-14(3)25-22-21(16-10-11-24-12-18(16)28-22)20(19)15-8-6-13(2)7-9-15;1-2;/h6-9,17,24H,4-5,10-12H2,1-3H3,(H,26,27);2H,1H3;1H3. The number of benzene rings is 1. The Labute approximate surface area is 187 Å². The van der Waals surface area contributed by atoms with Crippen molar-refractivity contribution < 1.29 is 15.0 Å². The van der Waals surface area contributed by atoms with E-state index in [-0.39, 0.29) is 6.15 Å². The fraction of sp³-hybridized carbons (Fsp3) is 0.417. The average molecular weight is 444 g/mol. The fourth-order valence-corrected chi connectivity index (χ4v) is 5.54. The number of aryl methyl sites for hydroxylation is 2. The minimum absolute atomic E-state index is 0. The Balaban J connectivity index is 0.00000111. The van der Waals surface area contributed by atoms with E-state index in [1.54, 1.807) is 11.3 Å². The van der Waals surface area contributed by atoms with Crippen LogP contribution in [0.5, 0.6) is 0 Å². The lowest BCUT2D eigenvalue weighted by Gasteiger charge is -2.24. The zero-order valence-electron chi connectivity index (χ0n) is 19.0. The molecule has 2 aromatic heterocycles. The van der Waals surface area contributed by atoms with E-state index in [1.165, 1.54) is 16.0 Å². The van der Waals surface area contributed by atoms with Crippen LogP contribution in [0.2, 0.25) is 0 Å². The summed E-state index contributed by atoms with van der Waals surface area (Å²) in [5.74, 6) is -1.65. The van der Waals surface area contributed by atoms with Crippen molar-refractivity contribution >= 4 is 27.5 Å². The van der Waals surface area contributed by atoms with Crippen LogP contribution in [-0.4, -0.2) is 29.7 Å². The Bertz CT molecular complexity index is 1040. The molecular formula is C24H33N3O3S. The number of hydrogen-bond donors (Lipinski definition) is 3. The predicted octanol–water partition coefficient (Wildman–Crippen LogP) is 3.84. The van der Waals surface area contributed by atoms with Crippen LogP contribution in [0.15, 0.2) is 24.3 Å². The number of nitrogens with one attached hydrogen (secondary N) is 1. The lowest BCUT2D eigenvalue weighted by molar-refractivity contribution is -0.308. The Morgan fingerprint density at radius 2 is 1.94 bits per heavy atom. The van der Waals surface area contributed by atoms with Gasteiger partial charge in [0.2, 0.25) is 0 Å². The van der Waals surface area contributed by atoms with Gasteiger partial charge in [-0.15, -0.1) is 11.3 Å².